The van der Waals surface area contributed by atoms with Crippen LogP contribution in [0.15, 0.2) is 0 Å². The molecule has 0 spiro atoms. The molecule has 0 saturated heterocycles. The second-order valence-corrected chi connectivity index (χ2v) is 6.10. The van der Waals surface area contributed by atoms with E-state index in [2.05, 4.69) is 33.0 Å². The van der Waals surface area contributed by atoms with E-state index in [0.717, 1.165) is 30.3 Å². The van der Waals surface area contributed by atoms with Crippen molar-refractivity contribution in [1.29, 1.82) is 0 Å². The van der Waals surface area contributed by atoms with Gasteiger partial charge in [0.15, 0.2) is 0 Å². The maximum atomic E-state index is 3.75. The molecule has 1 nitrogen and oxygen atoms in total. The summed E-state index contributed by atoms with van der Waals surface area (Å²) in [6, 6.07) is 0.785. The Morgan fingerprint density at radius 1 is 1.06 bits per heavy atom. The highest BCUT2D eigenvalue weighted by atomic mass is 14.9. The Morgan fingerprint density at radius 2 is 1.71 bits per heavy atom. The summed E-state index contributed by atoms with van der Waals surface area (Å²) < 4.78 is 0. The van der Waals surface area contributed by atoms with Gasteiger partial charge in [0.25, 0.3) is 0 Å². The Balaban J connectivity index is 2.41. The molecule has 1 fully saturated rings. The van der Waals surface area contributed by atoms with E-state index in [4.69, 9.17) is 0 Å². The Labute approximate surface area is 109 Å². The molecule has 102 valence electrons. The van der Waals surface area contributed by atoms with Crippen LogP contribution in [-0.2, 0) is 0 Å². The zero-order chi connectivity index (χ0) is 12.7. The first-order chi connectivity index (χ1) is 8.21. The third kappa shape index (κ3) is 4.99. The van der Waals surface area contributed by atoms with Gasteiger partial charge in [0.1, 0.15) is 0 Å². The zero-order valence-corrected chi connectivity index (χ0v) is 12.5. The second-order valence-electron chi connectivity index (χ2n) is 6.10. The molecule has 0 radical (unpaired) electrons. The van der Waals surface area contributed by atoms with Crippen molar-refractivity contribution in [3.8, 4) is 0 Å². The Bertz CT molecular complexity index is 182. The van der Waals surface area contributed by atoms with Gasteiger partial charge in [-0.1, -0.05) is 53.4 Å². The normalized spacial score (nSPS) is 28.9. The van der Waals surface area contributed by atoms with E-state index in [1.54, 1.807) is 0 Å². The van der Waals surface area contributed by atoms with Crippen LogP contribution in [0.1, 0.15) is 72.6 Å². The Morgan fingerprint density at radius 3 is 2.18 bits per heavy atom. The molecule has 0 aromatic rings. The van der Waals surface area contributed by atoms with Gasteiger partial charge >= 0.3 is 0 Å². The fraction of sp³-hybridized carbons (Fsp3) is 1.00. The summed E-state index contributed by atoms with van der Waals surface area (Å²) in [5.41, 5.74) is 0. The highest BCUT2D eigenvalue weighted by molar-refractivity contribution is 4.82. The molecule has 2 unspecified atom stereocenters. The van der Waals surface area contributed by atoms with Crippen molar-refractivity contribution < 1.29 is 0 Å². The molecule has 0 aromatic heterocycles. The van der Waals surface area contributed by atoms with Crippen molar-refractivity contribution in [1.82, 2.24) is 5.32 Å². The lowest BCUT2D eigenvalue weighted by Crippen LogP contribution is -2.39. The lowest BCUT2D eigenvalue weighted by molar-refractivity contribution is 0.199. The molecule has 0 aromatic carbocycles. The average molecular weight is 239 g/mol. The van der Waals surface area contributed by atoms with Crippen molar-refractivity contribution in [2.75, 3.05) is 6.54 Å². The van der Waals surface area contributed by atoms with Gasteiger partial charge in [-0.3, -0.25) is 0 Å². The van der Waals surface area contributed by atoms with Gasteiger partial charge in [0, 0.05) is 6.04 Å². The molecule has 2 atom stereocenters. The summed E-state index contributed by atoms with van der Waals surface area (Å²) in [5.74, 6) is 2.85. The van der Waals surface area contributed by atoms with Crippen LogP contribution in [0, 0.1) is 17.8 Å². The fourth-order valence-electron chi connectivity index (χ4n) is 3.30. The molecule has 1 N–H and O–H groups in total. The third-order valence-electron chi connectivity index (χ3n) is 4.86. The molecule has 1 rings (SSSR count). The van der Waals surface area contributed by atoms with Gasteiger partial charge in [0.05, 0.1) is 0 Å². The van der Waals surface area contributed by atoms with E-state index < -0.39 is 0 Å². The highest BCUT2D eigenvalue weighted by Crippen LogP contribution is 2.34. The van der Waals surface area contributed by atoms with Gasteiger partial charge in [-0.2, -0.15) is 0 Å². The van der Waals surface area contributed by atoms with E-state index in [9.17, 15) is 0 Å². The number of nitrogens with one attached hydrogen (secondary N) is 1. The first-order valence-corrected chi connectivity index (χ1v) is 7.94. The summed E-state index contributed by atoms with van der Waals surface area (Å²) in [5, 5.41) is 3.75. The monoisotopic (exact) mass is 239 g/mol. The maximum Gasteiger partial charge on any atom is 0.00977 e. The van der Waals surface area contributed by atoms with Crippen molar-refractivity contribution in [3.63, 3.8) is 0 Å². The summed E-state index contributed by atoms with van der Waals surface area (Å²) >= 11 is 0. The minimum absolute atomic E-state index is 0.785. The first-order valence-electron chi connectivity index (χ1n) is 7.94. The molecular formula is C16H33N. The maximum absolute atomic E-state index is 3.75. The topological polar surface area (TPSA) is 12.0 Å². The number of hydrogen-bond acceptors (Lipinski definition) is 1. The summed E-state index contributed by atoms with van der Waals surface area (Å²) in [7, 11) is 0. The smallest absolute Gasteiger partial charge is 0.00977 e. The Kier molecular flexibility index (Phi) is 7.18. The van der Waals surface area contributed by atoms with Crippen molar-refractivity contribution in [2.45, 2.75) is 78.7 Å². The molecule has 0 amide bonds. The van der Waals surface area contributed by atoms with Crippen LogP contribution in [0.2, 0.25) is 0 Å². The summed E-state index contributed by atoms with van der Waals surface area (Å²) in [4.78, 5) is 0. The average Bonchev–Trinajstić information content (AvgIpc) is 2.38. The molecule has 1 aliphatic carbocycles. The van der Waals surface area contributed by atoms with Crippen molar-refractivity contribution >= 4 is 0 Å². The fourth-order valence-corrected chi connectivity index (χ4v) is 3.30. The number of hydrogen-bond donors (Lipinski definition) is 1. The van der Waals surface area contributed by atoms with Crippen molar-refractivity contribution in [3.05, 3.63) is 0 Å². The summed E-state index contributed by atoms with van der Waals surface area (Å²) in [6.07, 6.45) is 9.98. The molecule has 1 saturated carbocycles. The predicted octanol–water partition coefficient (Wildman–Crippen LogP) is 4.62. The van der Waals surface area contributed by atoms with E-state index in [1.165, 1.54) is 44.9 Å². The molecule has 0 aliphatic heterocycles. The van der Waals surface area contributed by atoms with Crippen LogP contribution in [0.3, 0.4) is 0 Å². The van der Waals surface area contributed by atoms with Crippen LogP contribution in [0.4, 0.5) is 0 Å². The van der Waals surface area contributed by atoms with Gasteiger partial charge in [0.2, 0.25) is 0 Å². The van der Waals surface area contributed by atoms with E-state index in [0.29, 0.717) is 0 Å². The lowest BCUT2D eigenvalue weighted by Gasteiger charge is -2.35. The van der Waals surface area contributed by atoms with Gasteiger partial charge < -0.3 is 5.32 Å². The SMILES string of the molecule is CCNC(CC(C)CC)C1CCC(CC)CC1. The van der Waals surface area contributed by atoms with E-state index in [-0.39, 0.29) is 0 Å². The highest BCUT2D eigenvalue weighted by Gasteiger charge is 2.27. The minimum atomic E-state index is 0.785. The first kappa shape index (κ1) is 15.0. The van der Waals surface area contributed by atoms with Crippen LogP contribution >= 0.6 is 0 Å². The van der Waals surface area contributed by atoms with E-state index >= 15 is 0 Å². The zero-order valence-electron chi connectivity index (χ0n) is 12.5. The van der Waals surface area contributed by atoms with Gasteiger partial charge in [-0.25, -0.2) is 0 Å². The molecule has 0 bridgehead atoms. The molecular weight excluding hydrogens is 206 g/mol. The van der Waals surface area contributed by atoms with Gasteiger partial charge in [-0.15, -0.1) is 0 Å². The van der Waals surface area contributed by atoms with Crippen LogP contribution in [0.25, 0.3) is 0 Å². The quantitative estimate of drug-likeness (QED) is 0.683. The van der Waals surface area contributed by atoms with Gasteiger partial charge in [-0.05, 0) is 43.6 Å². The molecule has 1 heteroatoms. The minimum Gasteiger partial charge on any atom is -0.314 e. The predicted molar refractivity (Wildman–Crippen MR) is 77.3 cm³/mol. The molecule has 0 heterocycles. The molecule has 1 aliphatic rings. The molecule has 17 heavy (non-hydrogen) atoms. The number of rotatable bonds is 7. The largest absolute Gasteiger partial charge is 0.314 e. The van der Waals surface area contributed by atoms with Crippen molar-refractivity contribution in [2.24, 2.45) is 17.8 Å². The van der Waals surface area contributed by atoms with Crippen LogP contribution < -0.4 is 5.32 Å². The third-order valence-corrected chi connectivity index (χ3v) is 4.86. The van der Waals surface area contributed by atoms with Crippen LogP contribution in [-0.4, -0.2) is 12.6 Å². The summed E-state index contributed by atoms with van der Waals surface area (Å²) in [6.45, 7) is 10.5. The van der Waals surface area contributed by atoms with Crippen LogP contribution in [0.5, 0.6) is 0 Å². The Hall–Kier alpha value is -0.0400. The standard InChI is InChI=1S/C16H33N/c1-5-13(4)12-16(17-7-3)15-10-8-14(6-2)9-11-15/h13-17H,5-12H2,1-4H3. The second kappa shape index (κ2) is 8.13. The lowest BCUT2D eigenvalue weighted by atomic mass is 9.75. The van der Waals surface area contributed by atoms with E-state index in [1.807, 2.05) is 0 Å².